The molecular formula is C12H8F2N4S. The van der Waals surface area contributed by atoms with Crippen LogP contribution in [-0.4, -0.2) is 9.97 Å². The van der Waals surface area contributed by atoms with Gasteiger partial charge in [-0.15, -0.1) is 11.3 Å². The predicted molar refractivity (Wildman–Crippen MR) is 71.5 cm³/mol. The molecule has 0 aliphatic rings. The van der Waals surface area contributed by atoms with Gasteiger partial charge in [-0.2, -0.15) is 4.98 Å². The summed E-state index contributed by atoms with van der Waals surface area (Å²) in [4.78, 5) is 8.68. The molecule has 2 aromatic heterocycles. The van der Waals surface area contributed by atoms with E-state index >= 15 is 0 Å². The minimum Gasteiger partial charge on any atom is -0.368 e. The van der Waals surface area contributed by atoms with E-state index in [0.29, 0.717) is 10.2 Å². The van der Waals surface area contributed by atoms with E-state index in [-0.39, 0.29) is 17.5 Å². The molecule has 0 aliphatic carbocycles. The van der Waals surface area contributed by atoms with Crippen molar-refractivity contribution in [2.45, 2.75) is 0 Å². The fourth-order valence-corrected chi connectivity index (χ4v) is 2.47. The molecule has 3 rings (SSSR count). The number of nitrogen functional groups attached to an aromatic ring is 1. The zero-order valence-corrected chi connectivity index (χ0v) is 10.3. The standard InChI is InChI=1S/C12H8F2N4S/c13-7-2-1-3-8(14)9(7)16-10-6-4-5-19-11(6)18-12(15)17-10/h1-5H,(H3,15,16,17,18). The van der Waals surface area contributed by atoms with E-state index < -0.39 is 11.6 Å². The molecular weight excluding hydrogens is 270 g/mol. The minimum atomic E-state index is -0.694. The summed E-state index contributed by atoms with van der Waals surface area (Å²) in [5.41, 5.74) is 5.31. The summed E-state index contributed by atoms with van der Waals surface area (Å²) < 4.78 is 27.2. The number of benzene rings is 1. The molecule has 0 aliphatic heterocycles. The van der Waals surface area contributed by atoms with Crippen molar-refractivity contribution < 1.29 is 8.78 Å². The highest BCUT2D eigenvalue weighted by Gasteiger charge is 2.13. The first kappa shape index (κ1) is 11.8. The maximum atomic E-state index is 13.6. The second-order valence-electron chi connectivity index (χ2n) is 3.79. The molecule has 0 saturated carbocycles. The molecule has 0 spiro atoms. The largest absolute Gasteiger partial charge is 0.368 e. The van der Waals surface area contributed by atoms with Crippen molar-refractivity contribution >= 4 is 39.0 Å². The zero-order valence-electron chi connectivity index (χ0n) is 9.52. The third-order valence-corrected chi connectivity index (χ3v) is 3.36. The van der Waals surface area contributed by atoms with E-state index in [1.165, 1.54) is 29.5 Å². The molecule has 19 heavy (non-hydrogen) atoms. The van der Waals surface area contributed by atoms with Crippen LogP contribution in [0.5, 0.6) is 0 Å². The van der Waals surface area contributed by atoms with Gasteiger partial charge in [0.05, 0.1) is 5.39 Å². The van der Waals surface area contributed by atoms with Gasteiger partial charge < -0.3 is 11.1 Å². The van der Waals surface area contributed by atoms with Gasteiger partial charge in [0.25, 0.3) is 0 Å². The number of nitrogens with zero attached hydrogens (tertiary/aromatic N) is 2. The van der Waals surface area contributed by atoms with Gasteiger partial charge in [-0.3, -0.25) is 0 Å². The lowest BCUT2D eigenvalue weighted by atomic mass is 10.2. The summed E-state index contributed by atoms with van der Waals surface area (Å²) in [6.07, 6.45) is 0. The van der Waals surface area contributed by atoms with Crippen LogP contribution in [0.1, 0.15) is 0 Å². The monoisotopic (exact) mass is 278 g/mol. The Morgan fingerprint density at radius 1 is 1.11 bits per heavy atom. The maximum absolute atomic E-state index is 13.6. The highest BCUT2D eigenvalue weighted by atomic mass is 32.1. The number of aromatic nitrogens is 2. The number of para-hydroxylation sites is 1. The first-order chi connectivity index (χ1) is 9.15. The predicted octanol–water partition coefficient (Wildman–Crippen LogP) is 3.30. The molecule has 3 aromatic rings. The van der Waals surface area contributed by atoms with Crippen LogP contribution >= 0.6 is 11.3 Å². The summed E-state index contributed by atoms with van der Waals surface area (Å²) >= 11 is 1.38. The van der Waals surface area contributed by atoms with Gasteiger partial charge in [-0.05, 0) is 23.6 Å². The number of nitrogens with two attached hydrogens (primary N) is 1. The summed E-state index contributed by atoms with van der Waals surface area (Å²) in [6.45, 7) is 0. The van der Waals surface area contributed by atoms with Crippen molar-refractivity contribution in [2.24, 2.45) is 0 Å². The number of thiophene rings is 1. The lowest BCUT2D eigenvalue weighted by Gasteiger charge is -2.09. The topological polar surface area (TPSA) is 63.8 Å². The molecule has 0 amide bonds. The Labute approximate surface area is 110 Å². The minimum absolute atomic E-state index is 0.0502. The average Bonchev–Trinajstić information content (AvgIpc) is 2.81. The van der Waals surface area contributed by atoms with Gasteiger partial charge in [-0.25, -0.2) is 13.8 Å². The van der Waals surface area contributed by atoms with Gasteiger partial charge in [0.15, 0.2) is 0 Å². The van der Waals surface area contributed by atoms with Gasteiger partial charge in [0.2, 0.25) is 5.95 Å². The first-order valence-electron chi connectivity index (χ1n) is 5.37. The molecule has 2 heterocycles. The third-order valence-electron chi connectivity index (χ3n) is 2.55. The van der Waals surface area contributed by atoms with Crippen molar-refractivity contribution in [3.63, 3.8) is 0 Å². The Hall–Kier alpha value is -2.28. The van der Waals surface area contributed by atoms with E-state index in [1.54, 1.807) is 6.07 Å². The Morgan fingerprint density at radius 2 is 1.84 bits per heavy atom. The van der Waals surface area contributed by atoms with Crippen LogP contribution in [0.2, 0.25) is 0 Å². The fraction of sp³-hybridized carbons (Fsp3) is 0. The number of anilines is 3. The van der Waals surface area contributed by atoms with Crippen molar-refractivity contribution in [1.29, 1.82) is 0 Å². The lowest BCUT2D eigenvalue weighted by Crippen LogP contribution is -2.03. The number of hydrogen-bond donors (Lipinski definition) is 2. The van der Waals surface area contributed by atoms with Crippen LogP contribution in [0.15, 0.2) is 29.6 Å². The summed E-state index contributed by atoms with van der Waals surface area (Å²) in [5.74, 6) is -1.05. The van der Waals surface area contributed by atoms with Crippen LogP contribution in [-0.2, 0) is 0 Å². The van der Waals surface area contributed by atoms with Gasteiger partial charge in [-0.1, -0.05) is 6.07 Å². The number of hydrogen-bond acceptors (Lipinski definition) is 5. The molecule has 0 saturated heterocycles. The smallest absolute Gasteiger partial charge is 0.223 e. The normalized spacial score (nSPS) is 10.8. The summed E-state index contributed by atoms with van der Waals surface area (Å²) in [7, 11) is 0. The molecule has 4 nitrogen and oxygen atoms in total. The van der Waals surface area contributed by atoms with E-state index in [2.05, 4.69) is 15.3 Å². The van der Waals surface area contributed by atoms with E-state index in [4.69, 9.17) is 5.73 Å². The lowest BCUT2D eigenvalue weighted by molar-refractivity contribution is 0.590. The number of rotatable bonds is 2. The van der Waals surface area contributed by atoms with Gasteiger partial charge in [0.1, 0.15) is 28.0 Å². The molecule has 7 heteroatoms. The van der Waals surface area contributed by atoms with Gasteiger partial charge >= 0.3 is 0 Å². The second-order valence-corrected chi connectivity index (χ2v) is 4.69. The van der Waals surface area contributed by atoms with E-state index in [1.807, 2.05) is 5.38 Å². The Morgan fingerprint density at radius 3 is 2.58 bits per heavy atom. The second kappa shape index (κ2) is 4.43. The van der Waals surface area contributed by atoms with E-state index in [0.717, 1.165) is 0 Å². The summed E-state index contributed by atoms with van der Waals surface area (Å²) in [6, 6.07) is 5.40. The molecule has 3 N–H and O–H groups in total. The van der Waals surface area contributed by atoms with Crippen molar-refractivity contribution in [1.82, 2.24) is 9.97 Å². The Balaban J connectivity index is 2.13. The van der Waals surface area contributed by atoms with Crippen LogP contribution in [0.3, 0.4) is 0 Å². The van der Waals surface area contributed by atoms with Crippen LogP contribution < -0.4 is 11.1 Å². The van der Waals surface area contributed by atoms with E-state index in [9.17, 15) is 8.78 Å². The molecule has 0 atom stereocenters. The molecule has 0 bridgehead atoms. The van der Waals surface area contributed by atoms with Crippen LogP contribution in [0.4, 0.5) is 26.2 Å². The molecule has 96 valence electrons. The zero-order chi connectivity index (χ0) is 13.4. The van der Waals surface area contributed by atoms with Crippen LogP contribution in [0.25, 0.3) is 10.2 Å². The third kappa shape index (κ3) is 2.08. The maximum Gasteiger partial charge on any atom is 0.223 e. The number of fused-ring (bicyclic) bond motifs is 1. The molecule has 0 radical (unpaired) electrons. The molecule has 0 fully saturated rings. The summed E-state index contributed by atoms with van der Waals surface area (Å²) in [5, 5.41) is 5.11. The number of nitrogens with one attached hydrogen (secondary N) is 1. The highest BCUT2D eigenvalue weighted by molar-refractivity contribution is 7.16. The van der Waals surface area contributed by atoms with Crippen LogP contribution in [0, 0.1) is 11.6 Å². The Bertz CT molecular complexity index is 736. The van der Waals surface area contributed by atoms with Crippen molar-refractivity contribution in [3.05, 3.63) is 41.3 Å². The first-order valence-corrected chi connectivity index (χ1v) is 6.25. The van der Waals surface area contributed by atoms with Crippen molar-refractivity contribution in [2.75, 3.05) is 11.1 Å². The quantitative estimate of drug-likeness (QED) is 0.755. The van der Waals surface area contributed by atoms with Gasteiger partial charge in [0, 0.05) is 0 Å². The highest BCUT2D eigenvalue weighted by Crippen LogP contribution is 2.29. The molecule has 0 unspecified atom stereocenters. The SMILES string of the molecule is Nc1nc(Nc2c(F)cccc2F)c2ccsc2n1. The molecule has 1 aromatic carbocycles. The Kier molecular flexibility index (Phi) is 2.75. The number of halogens is 2. The fourth-order valence-electron chi connectivity index (χ4n) is 1.70. The van der Waals surface area contributed by atoms with Crippen molar-refractivity contribution in [3.8, 4) is 0 Å². The average molecular weight is 278 g/mol.